The van der Waals surface area contributed by atoms with Crippen LogP contribution >= 0.6 is 0 Å². The van der Waals surface area contributed by atoms with Crippen LogP contribution in [-0.2, 0) is 27.2 Å². The van der Waals surface area contributed by atoms with Crippen LogP contribution in [-0.4, -0.2) is 25.1 Å². The summed E-state index contributed by atoms with van der Waals surface area (Å²) >= 11 is 0. The van der Waals surface area contributed by atoms with Crippen molar-refractivity contribution in [2.45, 2.75) is 19.3 Å². The maximum absolute atomic E-state index is 13.4. The summed E-state index contributed by atoms with van der Waals surface area (Å²) in [5, 5.41) is 2.03. The van der Waals surface area contributed by atoms with Gasteiger partial charge in [-0.2, -0.15) is 0 Å². The summed E-state index contributed by atoms with van der Waals surface area (Å²) in [5.74, 6) is -2.87. The molecule has 0 atom stereocenters. The second kappa shape index (κ2) is 7.95. The lowest BCUT2D eigenvalue weighted by Crippen LogP contribution is -2.24. The molecule has 3 rings (SSSR count). The van der Waals surface area contributed by atoms with E-state index in [1.807, 2.05) is 17.4 Å². The Morgan fingerprint density at radius 3 is 2.50 bits per heavy atom. The van der Waals surface area contributed by atoms with Crippen LogP contribution < -0.4 is 10.1 Å². The molecule has 2 aromatic rings. The van der Waals surface area contributed by atoms with E-state index in [0.717, 1.165) is 31.4 Å². The van der Waals surface area contributed by atoms with E-state index in [-0.39, 0.29) is 6.61 Å². The third-order valence-corrected chi connectivity index (χ3v) is 4.02. The van der Waals surface area contributed by atoms with Crippen molar-refractivity contribution in [3.05, 3.63) is 59.2 Å². The molecule has 136 valence electrons. The fourth-order valence-corrected chi connectivity index (χ4v) is 2.76. The van der Waals surface area contributed by atoms with E-state index in [2.05, 4.69) is 0 Å². The van der Waals surface area contributed by atoms with Gasteiger partial charge in [-0.3, -0.25) is 4.79 Å². The number of hydrogen-bond acceptors (Lipinski definition) is 4. The lowest BCUT2D eigenvalue weighted by atomic mass is 10.1. The Labute approximate surface area is 148 Å². The van der Waals surface area contributed by atoms with Crippen molar-refractivity contribution in [1.82, 2.24) is 0 Å². The molecule has 1 aliphatic carbocycles. The van der Waals surface area contributed by atoms with Gasteiger partial charge in [-0.15, -0.1) is 0 Å². The minimum atomic E-state index is -0.912. The maximum atomic E-state index is 13.4. The predicted molar refractivity (Wildman–Crippen MR) is 89.9 cm³/mol. The molecular formula is C19H17F2NO4. The Bertz CT molecular complexity index is 818. The minimum absolute atomic E-state index is 0.361. The normalized spacial score (nSPS) is 12.4. The molecule has 0 saturated carbocycles. The van der Waals surface area contributed by atoms with E-state index in [1.165, 1.54) is 17.2 Å². The lowest BCUT2D eigenvalue weighted by molar-refractivity contribution is -0.149. The number of fused-ring (bicyclic) bond motifs is 1. The van der Waals surface area contributed by atoms with Crippen molar-refractivity contribution < 1.29 is 27.8 Å². The van der Waals surface area contributed by atoms with Crippen molar-refractivity contribution >= 4 is 17.6 Å². The van der Waals surface area contributed by atoms with Crippen molar-refractivity contribution in [2.24, 2.45) is 0 Å². The Hall–Kier alpha value is -2.96. The molecule has 2 aromatic carbocycles. The molecule has 0 aliphatic heterocycles. The first-order valence-electron chi connectivity index (χ1n) is 8.17. The molecule has 0 aromatic heterocycles. The highest BCUT2D eigenvalue weighted by Gasteiger charge is 2.15. The first kappa shape index (κ1) is 17.8. The number of hydrogen-bond donors (Lipinski definition) is 1. The average Bonchev–Trinajstić information content (AvgIpc) is 3.09. The first-order valence-corrected chi connectivity index (χ1v) is 8.17. The monoisotopic (exact) mass is 361 g/mol. The summed E-state index contributed by atoms with van der Waals surface area (Å²) in [5.41, 5.74) is 1.92. The van der Waals surface area contributed by atoms with E-state index >= 15 is 0 Å². The molecule has 0 fully saturated rings. The number of aryl methyl sites for hydroxylation is 2. The zero-order valence-electron chi connectivity index (χ0n) is 13.9. The Morgan fingerprint density at radius 1 is 1.00 bits per heavy atom. The van der Waals surface area contributed by atoms with Gasteiger partial charge in [-0.05, 0) is 54.7 Å². The quantitative estimate of drug-likeness (QED) is 0.804. The molecule has 0 heterocycles. The van der Waals surface area contributed by atoms with Crippen molar-refractivity contribution in [3.63, 3.8) is 0 Å². The van der Waals surface area contributed by atoms with Crippen LogP contribution in [0.2, 0.25) is 0 Å². The van der Waals surface area contributed by atoms with Gasteiger partial charge in [-0.1, -0.05) is 12.1 Å². The number of anilines is 1. The number of para-hydroxylation sites is 1. The van der Waals surface area contributed by atoms with E-state index in [0.29, 0.717) is 5.75 Å². The third-order valence-electron chi connectivity index (χ3n) is 4.02. The number of ether oxygens (including phenoxy) is 2. The number of esters is 1. The first-order chi connectivity index (χ1) is 12.5. The van der Waals surface area contributed by atoms with Crippen molar-refractivity contribution in [1.29, 1.82) is 0 Å². The van der Waals surface area contributed by atoms with Crippen molar-refractivity contribution in [3.8, 4) is 5.75 Å². The molecule has 1 amide bonds. The summed E-state index contributed by atoms with van der Waals surface area (Å²) in [6.45, 7) is -1.03. The van der Waals surface area contributed by atoms with Crippen molar-refractivity contribution in [2.75, 3.05) is 18.5 Å². The second-order valence-electron chi connectivity index (χ2n) is 5.88. The molecule has 0 spiro atoms. The van der Waals surface area contributed by atoms with Gasteiger partial charge in [0.25, 0.3) is 5.91 Å². The van der Waals surface area contributed by atoms with Crippen LogP contribution in [0.5, 0.6) is 5.75 Å². The topological polar surface area (TPSA) is 64.6 Å². The molecule has 0 bridgehead atoms. The average molecular weight is 361 g/mol. The van der Waals surface area contributed by atoms with E-state index in [4.69, 9.17) is 9.47 Å². The number of carbonyl (C=O) groups excluding carboxylic acids is 2. The highest BCUT2D eigenvalue weighted by molar-refractivity contribution is 5.93. The Morgan fingerprint density at radius 2 is 1.73 bits per heavy atom. The summed E-state index contributed by atoms with van der Waals surface area (Å²) in [4.78, 5) is 23.3. The Kier molecular flexibility index (Phi) is 5.46. The van der Waals surface area contributed by atoms with Gasteiger partial charge in [0.05, 0.1) is 0 Å². The summed E-state index contributed by atoms with van der Waals surface area (Å²) in [6, 6.07) is 8.84. The zero-order valence-corrected chi connectivity index (χ0v) is 13.9. The summed E-state index contributed by atoms with van der Waals surface area (Å²) in [7, 11) is 0. The SMILES string of the molecule is O=C(COC(=O)COc1ccc2c(c1)CCC2)Nc1c(F)cccc1F. The largest absolute Gasteiger partial charge is 0.482 e. The minimum Gasteiger partial charge on any atom is -0.482 e. The molecule has 0 radical (unpaired) electrons. The predicted octanol–water partition coefficient (Wildman–Crippen LogP) is 3.01. The Balaban J connectivity index is 1.44. The molecule has 5 nitrogen and oxygen atoms in total. The van der Waals surface area contributed by atoms with Gasteiger partial charge in [0.2, 0.25) is 0 Å². The number of carbonyl (C=O) groups is 2. The highest BCUT2D eigenvalue weighted by Crippen LogP contribution is 2.26. The number of amides is 1. The van der Waals surface area contributed by atoms with Gasteiger partial charge < -0.3 is 14.8 Å². The van der Waals surface area contributed by atoms with E-state index in [9.17, 15) is 18.4 Å². The zero-order chi connectivity index (χ0) is 18.5. The van der Waals surface area contributed by atoms with Gasteiger partial charge in [0.1, 0.15) is 23.1 Å². The van der Waals surface area contributed by atoms with Gasteiger partial charge in [0.15, 0.2) is 13.2 Å². The lowest BCUT2D eigenvalue weighted by Gasteiger charge is -2.09. The van der Waals surface area contributed by atoms with Crippen LogP contribution in [0, 0.1) is 11.6 Å². The molecule has 26 heavy (non-hydrogen) atoms. The molecular weight excluding hydrogens is 344 g/mol. The molecule has 0 saturated heterocycles. The summed E-state index contributed by atoms with van der Waals surface area (Å²) < 4.78 is 37.0. The van der Waals surface area contributed by atoms with Crippen LogP contribution in [0.4, 0.5) is 14.5 Å². The standard InChI is InChI=1S/C19H17F2NO4/c20-15-5-2-6-16(21)19(15)22-17(23)10-26-18(24)11-25-14-8-7-12-3-1-4-13(12)9-14/h2,5-9H,1,3-4,10-11H2,(H,22,23). The third kappa shape index (κ3) is 4.36. The fraction of sp³-hybridized carbons (Fsp3) is 0.263. The van der Waals surface area contributed by atoms with Gasteiger partial charge in [0, 0.05) is 0 Å². The molecule has 7 heteroatoms. The van der Waals surface area contributed by atoms with Crippen LogP contribution in [0.15, 0.2) is 36.4 Å². The smallest absolute Gasteiger partial charge is 0.344 e. The van der Waals surface area contributed by atoms with E-state index < -0.39 is 35.8 Å². The highest BCUT2D eigenvalue weighted by atomic mass is 19.1. The number of benzene rings is 2. The number of nitrogens with one attached hydrogen (secondary N) is 1. The van der Waals surface area contributed by atoms with Gasteiger partial charge in [-0.25, -0.2) is 13.6 Å². The second-order valence-corrected chi connectivity index (χ2v) is 5.88. The molecule has 1 aliphatic rings. The summed E-state index contributed by atoms with van der Waals surface area (Å²) in [6.07, 6.45) is 3.15. The van der Waals surface area contributed by atoms with E-state index in [1.54, 1.807) is 6.07 Å². The van der Waals surface area contributed by atoms with Crippen LogP contribution in [0.25, 0.3) is 0 Å². The maximum Gasteiger partial charge on any atom is 0.344 e. The number of rotatable bonds is 6. The number of halogens is 2. The fourth-order valence-electron chi connectivity index (χ4n) is 2.76. The van der Waals surface area contributed by atoms with Gasteiger partial charge >= 0.3 is 5.97 Å². The van der Waals surface area contributed by atoms with Crippen LogP contribution in [0.3, 0.4) is 0 Å². The molecule has 0 unspecified atom stereocenters. The van der Waals surface area contributed by atoms with Crippen LogP contribution in [0.1, 0.15) is 17.5 Å². The molecule has 1 N–H and O–H groups in total.